The molecule has 4 rings (SSSR count). The molecule has 6 nitrogen and oxygen atoms in total. The third-order valence-electron chi connectivity index (χ3n) is 6.40. The van der Waals surface area contributed by atoms with Gasteiger partial charge in [-0.3, -0.25) is 14.4 Å². The van der Waals surface area contributed by atoms with E-state index in [2.05, 4.69) is 16.0 Å². The van der Waals surface area contributed by atoms with Crippen LogP contribution in [0.4, 0.5) is 39.0 Å². The highest BCUT2D eigenvalue weighted by atomic mass is 35.5. The summed E-state index contributed by atoms with van der Waals surface area (Å²) in [6.45, 7) is 2.61. The van der Waals surface area contributed by atoms with Crippen LogP contribution in [-0.2, 0) is 15.8 Å². The first-order valence-electron chi connectivity index (χ1n) is 11.9. The molecule has 1 fully saturated rings. The van der Waals surface area contributed by atoms with E-state index in [4.69, 9.17) is 46.4 Å². The second-order valence-electron chi connectivity index (χ2n) is 9.43. The molecule has 0 bridgehead atoms. The number of alkyl halides is 5. The van der Waals surface area contributed by atoms with Gasteiger partial charge in [-0.25, -0.2) is 8.78 Å². The van der Waals surface area contributed by atoms with E-state index in [0.29, 0.717) is 0 Å². The predicted molar refractivity (Wildman–Crippen MR) is 151 cm³/mol. The molecule has 15 heteroatoms. The summed E-state index contributed by atoms with van der Waals surface area (Å²) in [5.74, 6) is -7.04. The van der Waals surface area contributed by atoms with Gasteiger partial charge in [0.25, 0.3) is 5.91 Å². The first-order valence-corrected chi connectivity index (χ1v) is 13.4. The summed E-state index contributed by atoms with van der Waals surface area (Å²) < 4.78 is 67.5. The molecule has 0 spiro atoms. The minimum atomic E-state index is -4.75. The Kier molecular flexibility index (Phi) is 8.72. The molecule has 0 unspecified atom stereocenters. The number of carbonyl (C=O) groups is 3. The van der Waals surface area contributed by atoms with Crippen molar-refractivity contribution in [2.45, 2.75) is 30.3 Å². The van der Waals surface area contributed by atoms with Crippen molar-refractivity contribution in [1.29, 1.82) is 0 Å². The number of anilines is 3. The van der Waals surface area contributed by atoms with Crippen LogP contribution < -0.4 is 16.0 Å². The number of hydrogen-bond acceptors (Lipinski definition) is 3. The molecule has 0 heterocycles. The zero-order valence-corrected chi connectivity index (χ0v) is 24.3. The third-order valence-corrected chi connectivity index (χ3v) is 8.17. The van der Waals surface area contributed by atoms with Crippen molar-refractivity contribution in [3.05, 3.63) is 86.4 Å². The van der Waals surface area contributed by atoms with Gasteiger partial charge >= 0.3 is 6.18 Å². The number of amides is 3. The van der Waals surface area contributed by atoms with Crippen molar-refractivity contribution in [2.75, 3.05) is 16.0 Å². The fraction of sp³-hybridized carbons (Fsp3) is 0.222. The molecule has 42 heavy (non-hydrogen) atoms. The number of hydrogen-bond donors (Lipinski definition) is 3. The monoisotopic (exact) mass is 667 g/mol. The third kappa shape index (κ3) is 6.29. The van der Waals surface area contributed by atoms with E-state index in [-0.39, 0.29) is 33.1 Å². The van der Waals surface area contributed by atoms with E-state index in [9.17, 15) is 36.3 Å². The van der Waals surface area contributed by atoms with Gasteiger partial charge in [-0.1, -0.05) is 29.3 Å². The van der Waals surface area contributed by atoms with Crippen LogP contribution in [0.1, 0.15) is 39.9 Å². The molecule has 0 aliphatic heterocycles. The van der Waals surface area contributed by atoms with E-state index < -0.39 is 68.0 Å². The largest absolute Gasteiger partial charge is 0.417 e. The number of rotatable bonds is 6. The lowest BCUT2D eigenvalue weighted by atomic mass is 10.0. The molecule has 1 saturated carbocycles. The molecule has 3 amide bonds. The quantitative estimate of drug-likeness (QED) is 0.182. The molecule has 2 atom stereocenters. The van der Waals surface area contributed by atoms with Gasteiger partial charge in [0.2, 0.25) is 11.8 Å². The van der Waals surface area contributed by atoms with Gasteiger partial charge in [-0.15, -0.1) is 23.2 Å². The molecule has 1 aliphatic carbocycles. The Hall–Kier alpha value is -3.12. The zero-order valence-electron chi connectivity index (χ0n) is 21.3. The van der Waals surface area contributed by atoms with Crippen LogP contribution in [0, 0.1) is 24.5 Å². The summed E-state index contributed by atoms with van der Waals surface area (Å²) in [5.41, 5.74) is -2.29. The Labute approximate surface area is 255 Å². The van der Waals surface area contributed by atoms with Crippen molar-refractivity contribution < 1.29 is 36.3 Å². The first-order chi connectivity index (χ1) is 19.4. The van der Waals surface area contributed by atoms with E-state index in [1.54, 1.807) is 0 Å². The van der Waals surface area contributed by atoms with Crippen LogP contribution in [0.2, 0.25) is 10.0 Å². The summed E-state index contributed by atoms with van der Waals surface area (Å²) in [4.78, 5) is 37.4. The molecule has 0 radical (unpaired) electrons. The predicted octanol–water partition coefficient (Wildman–Crippen LogP) is 8.34. The van der Waals surface area contributed by atoms with Crippen molar-refractivity contribution in [1.82, 2.24) is 0 Å². The Morgan fingerprint density at radius 2 is 1.60 bits per heavy atom. The maximum absolute atomic E-state index is 14.8. The van der Waals surface area contributed by atoms with Crippen molar-refractivity contribution in [2.24, 2.45) is 5.92 Å². The molecule has 3 N–H and O–H groups in total. The molecular formula is C27H18Cl4F5N3O3. The van der Waals surface area contributed by atoms with Gasteiger partial charge < -0.3 is 16.0 Å². The molecule has 3 aromatic rings. The summed E-state index contributed by atoms with van der Waals surface area (Å²) >= 11 is 24.5. The van der Waals surface area contributed by atoms with E-state index in [1.165, 1.54) is 19.1 Å². The molecule has 3 aromatic carbocycles. The molecular weight excluding hydrogens is 651 g/mol. The van der Waals surface area contributed by atoms with Crippen molar-refractivity contribution in [3.8, 4) is 0 Å². The van der Waals surface area contributed by atoms with Gasteiger partial charge in [0, 0.05) is 18.5 Å². The number of aryl methyl sites for hydroxylation is 1. The topological polar surface area (TPSA) is 87.3 Å². The normalized spacial score (nSPS) is 17.4. The average molecular weight is 669 g/mol. The highest BCUT2D eigenvalue weighted by Gasteiger charge is 2.67. The number of carbonyl (C=O) groups excluding carboxylic acids is 3. The van der Waals surface area contributed by atoms with Crippen LogP contribution in [0.3, 0.4) is 0 Å². The Morgan fingerprint density at radius 1 is 0.929 bits per heavy atom. The van der Waals surface area contributed by atoms with Gasteiger partial charge in [0.1, 0.15) is 15.8 Å². The SMILES string of the molecule is CC(=O)Nc1ccc(F)c(NC(=O)c2cc(NC(=O)[C@H]3[C@H](c4ccc(Cl)c(C(F)(F)F)c4)C3(Cl)Cl)cc(C)c2Cl)c1F. The highest BCUT2D eigenvalue weighted by Crippen LogP contribution is 2.65. The van der Waals surface area contributed by atoms with E-state index >= 15 is 0 Å². The Morgan fingerprint density at radius 3 is 2.21 bits per heavy atom. The summed E-state index contributed by atoms with van der Waals surface area (Å²) in [6.07, 6.45) is -4.75. The summed E-state index contributed by atoms with van der Waals surface area (Å²) in [6, 6.07) is 7.41. The maximum Gasteiger partial charge on any atom is 0.417 e. The average Bonchev–Trinajstić information content (AvgIpc) is 3.46. The molecule has 222 valence electrons. The first kappa shape index (κ1) is 31.8. The molecule has 0 aromatic heterocycles. The van der Waals surface area contributed by atoms with Crippen LogP contribution in [-0.4, -0.2) is 22.1 Å². The standard InChI is InChI=1S/C27H18Cl4F5N3O3/c1-10-7-13(9-14(21(10)29)24(41)39-23-17(32)5-6-18(22(23)33)37-11(2)40)38-25(42)20-19(26(20,30)31)12-3-4-16(28)15(8-12)27(34,35)36/h3-9,19-20H,1-2H3,(H,37,40)(H,38,42)(H,39,41)/t19-,20+/m0/s1. The maximum atomic E-state index is 14.8. The van der Waals surface area contributed by atoms with Gasteiger partial charge in [-0.2, -0.15) is 13.2 Å². The highest BCUT2D eigenvalue weighted by molar-refractivity contribution is 6.53. The lowest BCUT2D eigenvalue weighted by Gasteiger charge is -2.14. The van der Waals surface area contributed by atoms with Crippen LogP contribution in [0.5, 0.6) is 0 Å². The van der Waals surface area contributed by atoms with Crippen LogP contribution in [0.15, 0.2) is 42.5 Å². The van der Waals surface area contributed by atoms with Gasteiger partial charge in [0.05, 0.1) is 32.8 Å². The Bertz CT molecular complexity index is 1630. The zero-order chi connectivity index (χ0) is 31.3. The fourth-order valence-electron chi connectivity index (χ4n) is 4.38. The lowest BCUT2D eigenvalue weighted by Crippen LogP contribution is -2.19. The smallest absolute Gasteiger partial charge is 0.326 e. The number of nitrogens with one attached hydrogen (secondary N) is 3. The lowest BCUT2D eigenvalue weighted by molar-refractivity contribution is -0.137. The summed E-state index contributed by atoms with van der Waals surface area (Å²) in [5, 5.41) is 6.11. The minimum Gasteiger partial charge on any atom is -0.326 e. The van der Waals surface area contributed by atoms with E-state index in [1.807, 2.05) is 0 Å². The number of halogens is 9. The second kappa shape index (κ2) is 11.5. The summed E-state index contributed by atoms with van der Waals surface area (Å²) in [7, 11) is 0. The van der Waals surface area contributed by atoms with Crippen molar-refractivity contribution >= 4 is 81.2 Å². The van der Waals surface area contributed by atoms with Crippen LogP contribution in [0.25, 0.3) is 0 Å². The van der Waals surface area contributed by atoms with Gasteiger partial charge in [-0.05, 0) is 54.4 Å². The molecule has 0 saturated heterocycles. The van der Waals surface area contributed by atoms with Gasteiger partial charge in [0.15, 0.2) is 5.82 Å². The number of benzene rings is 3. The van der Waals surface area contributed by atoms with Crippen LogP contribution >= 0.6 is 46.4 Å². The minimum absolute atomic E-state index is 0.0156. The van der Waals surface area contributed by atoms with E-state index in [0.717, 1.165) is 37.3 Å². The van der Waals surface area contributed by atoms with Crippen molar-refractivity contribution in [3.63, 3.8) is 0 Å². The fourth-order valence-corrected chi connectivity index (χ4v) is 5.63. The second-order valence-corrected chi connectivity index (χ2v) is 11.7. The Balaban J connectivity index is 1.58. The molecule has 1 aliphatic rings.